The molecule has 1 atom stereocenters. The van der Waals surface area contributed by atoms with Crippen molar-refractivity contribution < 1.29 is 9.53 Å². The van der Waals surface area contributed by atoms with Crippen molar-refractivity contribution in [2.24, 2.45) is 0 Å². The number of hydrogen-bond acceptors (Lipinski definition) is 2. The molecule has 4 heteroatoms. The van der Waals surface area contributed by atoms with Gasteiger partial charge < -0.3 is 10.1 Å². The molecule has 0 fully saturated rings. The van der Waals surface area contributed by atoms with E-state index in [1.165, 1.54) is 11.1 Å². The molecule has 1 unspecified atom stereocenters. The first-order valence-electron chi connectivity index (χ1n) is 7.21. The van der Waals surface area contributed by atoms with Crippen molar-refractivity contribution in [3.8, 4) is 5.75 Å². The van der Waals surface area contributed by atoms with E-state index in [1.807, 2.05) is 37.3 Å². The van der Waals surface area contributed by atoms with Crippen LogP contribution in [-0.4, -0.2) is 12.5 Å². The standard InChI is InChI=1S/C18H20INO2/c1-12-8-9-15(10-13(12)2)14(3)20-18(21)11-22-17-7-5-4-6-16(17)19/h4-10,14H,11H2,1-3H3,(H,20,21). The maximum absolute atomic E-state index is 12.0. The van der Waals surface area contributed by atoms with Crippen LogP contribution in [0.5, 0.6) is 5.75 Å². The zero-order chi connectivity index (χ0) is 16.1. The maximum Gasteiger partial charge on any atom is 0.258 e. The SMILES string of the molecule is Cc1ccc(C(C)NC(=O)COc2ccccc2I)cc1C. The van der Waals surface area contributed by atoms with E-state index < -0.39 is 0 Å². The van der Waals surface area contributed by atoms with Crippen LogP contribution in [0.15, 0.2) is 42.5 Å². The number of aryl methyl sites for hydroxylation is 2. The molecule has 3 nitrogen and oxygen atoms in total. The predicted molar refractivity (Wildman–Crippen MR) is 97.1 cm³/mol. The van der Waals surface area contributed by atoms with Crippen LogP contribution in [0.25, 0.3) is 0 Å². The van der Waals surface area contributed by atoms with Crippen molar-refractivity contribution in [1.29, 1.82) is 0 Å². The Morgan fingerprint density at radius 3 is 2.59 bits per heavy atom. The third-order valence-electron chi connectivity index (χ3n) is 3.60. The van der Waals surface area contributed by atoms with E-state index in [9.17, 15) is 4.79 Å². The molecule has 0 saturated carbocycles. The Bertz CT molecular complexity index is 670. The summed E-state index contributed by atoms with van der Waals surface area (Å²) in [5.41, 5.74) is 3.59. The molecule has 0 aliphatic heterocycles. The lowest BCUT2D eigenvalue weighted by Crippen LogP contribution is -2.31. The van der Waals surface area contributed by atoms with Crippen LogP contribution in [-0.2, 0) is 4.79 Å². The summed E-state index contributed by atoms with van der Waals surface area (Å²) in [7, 11) is 0. The number of nitrogens with one attached hydrogen (secondary N) is 1. The molecule has 2 aromatic carbocycles. The fourth-order valence-electron chi connectivity index (χ4n) is 2.11. The van der Waals surface area contributed by atoms with Gasteiger partial charge in [0.15, 0.2) is 6.61 Å². The highest BCUT2D eigenvalue weighted by Crippen LogP contribution is 2.20. The maximum atomic E-state index is 12.0. The molecule has 0 bridgehead atoms. The molecule has 0 saturated heterocycles. The highest BCUT2D eigenvalue weighted by molar-refractivity contribution is 14.1. The first-order valence-corrected chi connectivity index (χ1v) is 8.29. The summed E-state index contributed by atoms with van der Waals surface area (Å²) < 4.78 is 6.55. The van der Waals surface area contributed by atoms with Crippen LogP contribution in [0.4, 0.5) is 0 Å². The molecular weight excluding hydrogens is 389 g/mol. The van der Waals surface area contributed by atoms with Gasteiger partial charge in [-0.25, -0.2) is 0 Å². The molecule has 116 valence electrons. The molecule has 2 rings (SSSR count). The van der Waals surface area contributed by atoms with Gasteiger partial charge in [-0.2, -0.15) is 0 Å². The van der Waals surface area contributed by atoms with Gasteiger partial charge in [0.2, 0.25) is 0 Å². The number of carbonyl (C=O) groups is 1. The highest BCUT2D eigenvalue weighted by Gasteiger charge is 2.11. The number of carbonyl (C=O) groups excluding carboxylic acids is 1. The average Bonchev–Trinajstić information content (AvgIpc) is 2.49. The number of rotatable bonds is 5. The van der Waals surface area contributed by atoms with Gasteiger partial charge in [0, 0.05) is 0 Å². The Morgan fingerprint density at radius 1 is 1.18 bits per heavy atom. The topological polar surface area (TPSA) is 38.3 Å². The second kappa shape index (κ2) is 7.63. The quantitative estimate of drug-likeness (QED) is 0.754. The molecule has 0 aromatic heterocycles. The number of ether oxygens (including phenoxy) is 1. The Balaban J connectivity index is 1.91. The van der Waals surface area contributed by atoms with Gasteiger partial charge in [-0.15, -0.1) is 0 Å². The third kappa shape index (κ3) is 4.47. The summed E-state index contributed by atoms with van der Waals surface area (Å²) in [5, 5.41) is 2.97. The predicted octanol–water partition coefficient (Wildman–Crippen LogP) is 4.16. The Labute approximate surface area is 145 Å². The number of halogens is 1. The number of benzene rings is 2. The molecule has 2 aromatic rings. The normalized spacial score (nSPS) is 11.8. The van der Waals surface area contributed by atoms with Crippen molar-refractivity contribution >= 4 is 28.5 Å². The van der Waals surface area contributed by atoms with Gasteiger partial charge >= 0.3 is 0 Å². The zero-order valence-electron chi connectivity index (χ0n) is 13.0. The van der Waals surface area contributed by atoms with E-state index in [4.69, 9.17) is 4.74 Å². The fraction of sp³-hybridized carbons (Fsp3) is 0.278. The first-order chi connectivity index (χ1) is 10.5. The molecule has 1 amide bonds. The van der Waals surface area contributed by atoms with Crippen molar-refractivity contribution in [2.45, 2.75) is 26.8 Å². The first kappa shape index (κ1) is 16.8. The number of amides is 1. The van der Waals surface area contributed by atoms with Crippen molar-refractivity contribution in [2.75, 3.05) is 6.61 Å². The minimum Gasteiger partial charge on any atom is -0.483 e. The second-order valence-corrected chi connectivity index (χ2v) is 6.51. The molecule has 22 heavy (non-hydrogen) atoms. The molecule has 0 aliphatic rings. The molecule has 0 heterocycles. The Morgan fingerprint density at radius 2 is 1.91 bits per heavy atom. The lowest BCUT2D eigenvalue weighted by molar-refractivity contribution is -0.123. The fourth-order valence-corrected chi connectivity index (χ4v) is 2.65. The third-order valence-corrected chi connectivity index (χ3v) is 4.50. The summed E-state index contributed by atoms with van der Waals surface area (Å²) >= 11 is 2.19. The summed E-state index contributed by atoms with van der Waals surface area (Å²) in [6.45, 7) is 6.16. The van der Waals surface area contributed by atoms with Gasteiger partial charge in [0.25, 0.3) is 5.91 Å². The van der Waals surface area contributed by atoms with E-state index in [0.717, 1.165) is 14.9 Å². The Kier molecular flexibility index (Phi) is 5.83. The highest BCUT2D eigenvalue weighted by atomic mass is 127. The lowest BCUT2D eigenvalue weighted by Gasteiger charge is -2.16. The Hall–Kier alpha value is -1.56. The van der Waals surface area contributed by atoms with E-state index in [-0.39, 0.29) is 18.6 Å². The van der Waals surface area contributed by atoms with Crippen LogP contribution in [0.2, 0.25) is 0 Å². The summed E-state index contributed by atoms with van der Waals surface area (Å²) in [6, 6.07) is 13.9. The minimum atomic E-state index is -0.120. The number of para-hydroxylation sites is 1. The van der Waals surface area contributed by atoms with Gasteiger partial charge in [-0.05, 0) is 72.2 Å². The number of hydrogen-bond donors (Lipinski definition) is 1. The van der Waals surface area contributed by atoms with E-state index >= 15 is 0 Å². The van der Waals surface area contributed by atoms with Crippen LogP contribution < -0.4 is 10.1 Å². The second-order valence-electron chi connectivity index (χ2n) is 5.35. The lowest BCUT2D eigenvalue weighted by atomic mass is 10.0. The minimum absolute atomic E-state index is 0.0230. The summed E-state index contributed by atoms with van der Waals surface area (Å²) in [4.78, 5) is 12.0. The van der Waals surface area contributed by atoms with Crippen molar-refractivity contribution in [3.05, 3.63) is 62.7 Å². The summed E-state index contributed by atoms with van der Waals surface area (Å²) in [6.07, 6.45) is 0. The smallest absolute Gasteiger partial charge is 0.258 e. The molecule has 1 N–H and O–H groups in total. The van der Waals surface area contributed by atoms with Crippen LogP contribution in [0, 0.1) is 17.4 Å². The van der Waals surface area contributed by atoms with Crippen LogP contribution >= 0.6 is 22.6 Å². The zero-order valence-corrected chi connectivity index (χ0v) is 15.2. The van der Waals surface area contributed by atoms with Gasteiger partial charge in [-0.3, -0.25) is 4.79 Å². The average molecular weight is 409 g/mol. The van der Waals surface area contributed by atoms with Gasteiger partial charge in [-0.1, -0.05) is 30.3 Å². The summed E-state index contributed by atoms with van der Waals surface area (Å²) in [5.74, 6) is 0.613. The van der Waals surface area contributed by atoms with Crippen molar-refractivity contribution in [3.63, 3.8) is 0 Å². The van der Waals surface area contributed by atoms with E-state index in [1.54, 1.807) is 0 Å². The van der Waals surface area contributed by atoms with Gasteiger partial charge in [0.1, 0.15) is 5.75 Å². The molecular formula is C18H20INO2. The largest absolute Gasteiger partial charge is 0.483 e. The van der Waals surface area contributed by atoms with Crippen LogP contribution in [0.1, 0.15) is 29.7 Å². The van der Waals surface area contributed by atoms with E-state index in [2.05, 4.69) is 53.9 Å². The van der Waals surface area contributed by atoms with E-state index in [0.29, 0.717) is 0 Å². The van der Waals surface area contributed by atoms with Crippen molar-refractivity contribution in [1.82, 2.24) is 5.32 Å². The molecule has 0 spiro atoms. The molecule has 0 aliphatic carbocycles. The molecule has 0 radical (unpaired) electrons. The monoisotopic (exact) mass is 409 g/mol. The van der Waals surface area contributed by atoms with Crippen LogP contribution in [0.3, 0.4) is 0 Å². The van der Waals surface area contributed by atoms with Gasteiger partial charge in [0.05, 0.1) is 9.61 Å².